The van der Waals surface area contributed by atoms with Crippen LogP contribution in [0.2, 0.25) is 0 Å². The Morgan fingerprint density at radius 2 is 1.55 bits per heavy atom. The first-order chi connectivity index (χ1) is 9.92. The van der Waals surface area contributed by atoms with Crippen LogP contribution < -0.4 is 0 Å². The largest absolute Gasteiger partial charge is 0.372 e. The number of hydrogen-bond donors (Lipinski definition) is 0. The molecule has 1 heterocycles. The Morgan fingerprint density at radius 3 is 2.15 bits per heavy atom. The Hall–Kier alpha value is -0.820. The van der Waals surface area contributed by atoms with Crippen molar-refractivity contribution in [2.45, 2.75) is 70.8 Å². The second-order valence-corrected chi connectivity index (χ2v) is 5.94. The number of epoxide rings is 1. The van der Waals surface area contributed by atoms with Gasteiger partial charge >= 0.3 is 0 Å². The van der Waals surface area contributed by atoms with Crippen LogP contribution in [0.3, 0.4) is 0 Å². The molecule has 0 saturated carbocycles. The molecule has 2 rings (SSSR count). The first-order valence-electron chi connectivity index (χ1n) is 8.44. The molecule has 0 spiro atoms. The first-order valence-corrected chi connectivity index (χ1v) is 8.44. The molecule has 0 bridgehead atoms. The summed E-state index contributed by atoms with van der Waals surface area (Å²) in [6, 6.07) is 10.8. The third kappa shape index (κ3) is 5.66. The summed E-state index contributed by atoms with van der Waals surface area (Å²) in [4.78, 5) is 0. The molecule has 1 aliphatic heterocycles. The fourth-order valence-corrected chi connectivity index (χ4v) is 2.84. The van der Waals surface area contributed by atoms with Crippen molar-refractivity contribution in [3.8, 4) is 0 Å². The predicted molar refractivity (Wildman–Crippen MR) is 85.8 cm³/mol. The van der Waals surface area contributed by atoms with Gasteiger partial charge in [0.25, 0.3) is 0 Å². The van der Waals surface area contributed by atoms with Crippen LogP contribution in [0.5, 0.6) is 0 Å². The van der Waals surface area contributed by atoms with Crippen LogP contribution in [0, 0.1) is 5.92 Å². The zero-order valence-corrected chi connectivity index (χ0v) is 12.9. The number of rotatable bonds is 11. The minimum Gasteiger partial charge on any atom is -0.372 e. The van der Waals surface area contributed by atoms with E-state index in [-0.39, 0.29) is 0 Å². The van der Waals surface area contributed by atoms with Crippen LogP contribution in [0.1, 0.15) is 70.3 Å². The summed E-state index contributed by atoms with van der Waals surface area (Å²) in [5, 5.41) is 0. The van der Waals surface area contributed by atoms with Crippen molar-refractivity contribution in [1.29, 1.82) is 0 Å². The predicted octanol–water partition coefficient (Wildman–Crippen LogP) is 5.54. The Labute approximate surface area is 124 Å². The lowest BCUT2D eigenvalue weighted by molar-refractivity contribution is 0.408. The maximum Gasteiger partial charge on any atom is 0.0915 e. The highest BCUT2D eigenvalue weighted by Gasteiger charge is 2.33. The van der Waals surface area contributed by atoms with Crippen LogP contribution in [0.25, 0.3) is 0 Å². The zero-order chi connectivity index (χ0) is 14.0. The summed E-state index contributed by atoms with van der Waals surface area (Å²) in [7, 11) is 0. The van der Waals surface area contributed by atoms with Gasteiger partial charge in [-0.2, -0.15) is 0 Å². The van der Waals surface area contributed by atoms with Crippen LogP contribution in [-0.4, -0.2) is 12.7 Å². The Balaban J connectivity index is 1.59. The highest BCUT2D eigenvalue weighted by atomic mass is 16.6. The van der Waals surface area contributed by atoms with Gasteiger partial charge in [-0.25, -0.2) is 0 Å². The normalized spacial score (nSPS) is 17.6. The topological polar surface area (TPSA) is 12.5 Å². The van der Waals surface area contributed by atoms with Crippen molar-refractivity contribution < 1.29 is 4.74 Å². The summed E-state index contributed by atoms with van der Waals surface area (Å²) in [5.74, 6) is 1.52. The number of ether oxygens (including phenoxy) is 1. The van der Waals surface area contributed by atoms with Crippen molar-refractivity contribution >= 4 is 0 Å². The van der Waals surface area contributed by atoms with E-state index < -0.39 is 0 Å². The van der Waals surface area contributed by atoms with Crippen molar-refractivity contribution in [3.63, 3.8) is 0 Å². The molecule has 20 heavy (non-hydrogen) atoms. The second kappa shape index (κ2) is 9.18. The molecule has 111 valence electrons. The number of unbranched alkanes of at least 4 members (excludes halogenated alkanes) is 7. The summed E-state index contributed by atoms with van der Waals surface area (Å²) >= 11 is 0. The SMILES string of the molecule is CCCCCCCCCC[C](c1ccccc1)C1CO1. The summed E-state index contributed by atoms with van der Waals surface area (Å²) in [5.41, 5.74) is 1.39. The Morgan fingerprint density at radius 1 is 0.950 bits per heavy atom. The number of benzene rings is 1. The van der Waals surface area contributed by atoms with Gasteiger partial charge in [-0.15, -0.1) is 0 Å². The van der Waals surface area contributed by atoms with Gasteiger partial charge in [-0.05, 0) is 12.0 Å². The van der Waals surface area contributed by atoms with E-state index >= 15 is 0 Å². The van der Waals surface area contributed by atoms with E-state index in [0.717, 1.165) is 6.61 Å². The minimum absolute atomic E-state index is 0.418. The van der Waals surface area contributed by atoms with E-state index in [0.29, 0.717) is 6.10 Å². The fraction of sp³-hybridized carbons (Fsp3) is 0.632. The molecule has 1 aromatic carbocycles. The van der Waals surface area contributed by atoms with Crippen molar-refractivity contribution in [1.82, 2.24) is 0 Å². The summed E-state index contributed by atoms with van der Waals surface area (Å²) in [6.07, 6.45) is 12.7. The van der Waals surface area contributed by atoms with Gasteiger partial charge in [0, 0.05) is 5.92 Å². The van der Waals surface area contributed by atoms with Gasteiger partial charge in [0.15, 0.2) is 0 Å². The quantitative estimate of drug-likeness (QED) is 0.381. The molecule has 1 radical (unpaired) electrons. The third-order valence-corrected chi connectivity index (χ3v) is 4.17. The zero-order valence-electron chi connectivity index (χ0n) is 12.9. The maximum atomic E-state index is 5.51. The van der Waals surface area contributed by atoms with Crippen LogP contribution in [0.4, 0.5) is 0 Å². The maximum absolute atomic E-state index is 5.51. The monoisotopic (exact) mass is 273 g/mol. The molecule has 1 saturated heterocycles. The number of hydrogen-bond acceptors (Lipinski definition) is 1. The van der Waals surface area contributed by atoms with Gasteiger partial charge in [0.1, 0.15) is 0 Å². The standard InChI is InChI=1S/C19H29O/c1-2-3-4-5-6-7-8-12-15-18(19-16-20-19)17-13-10-9-11-14-17/h9-11,13-14,19H,2-8,12,15-16H2,1H3. The molecule has 1 heteroatoms. The summed E-state index contributed by atoms with van der Waals surface area (Å²) in [6.45, 7) is 3.21. The van der Waals surface area contributed by atoms with E-state index in [2.05, 4.69) is 37.3 Å². The van der Waals surface area contributed by atoms with E-state index in [4.69, 9.17) is 4.74 Å². The molecule has 1 aliphatic rings. The second-order valence-electron chi connectivity index (χ2n) is 5.94. The molecule has 1 fully saturated rings. The first kappa shape index (κ1) is 15.6. The van der Waals surface area contributed by atoms with Crippen LogP contribution in [-0.2, 0) is 4.74 Å². The van der Waals surface area contributed by atoms with E-state index in [1.807, 2.05) is 0 Å². The Kier molecular flexibility index (Phi) is 7.14. The lowest BCUT2D eigenvalue weighted by Gasteiger charge is -2.14. The van der Waals surface area contributed by atoms with Gasteiger partial charge in [-0.1, -0.05) is 88.6 Å². The highest BCUT2D eigenvalue weighted by molar-refractivity contribution is 5.34. The average molecular weight is 273 g/mol. The molecular weight excluding hydrogens is 244 g/mol. The Bertz CT molecular complexity index is 342. The molecule has 0 N–H and O–H groups in total. The molecule has 1 unspecified atom stereocenters. The minimum atomic E-state index is 0.418. The third-order valence-electron chi connectivity index (χ3n) is 4.17. The fourth-order valence-electron chi connectivity index (χ4n) is 2.84. The smallest absolute Gasteiger partial charge is 0.0915 e. The molecule has 0 amide bonds. The van der Waals surface area contributed by atoms with Gasteiger partial charge in [-0.3, -0.25) is 0 Å². The molecule has 0 aliphatic carbocycles. The van der Waals surface area contributed by atoms with E-state index in [1.54, 1.807) is 0 Å². The van der Waals surface area contributed by atoms with Crippen molar-refractivity contribution in [2.75, 3.05) is 6.61 Å². The van der Waals surface area contributed by atoms with Crippen molar-refractivity contribution in [2.24, 2.45) is 0 Å². The van der Waals surface area contributed by atoms with Gasteiger partial charge in [0.05, 0.1) is 12.7 Å². The molecule has 0 aromatic heterocycles. The summed E-state index contributed by atoms with van der Waals surface area (Å²) < 4.78 is 5.51. The lowest BCUT2D eigenvalue weighted by atomic mass is 9.90. The molecule has 1 aromatic rings. The van der Waals surface area contributed by atoms with Gasteiger partial charge < -0.3 is 4.74 Å². The molecule has 1 nitrogen and oxygen atoms in total. The molecular formula is C19H29O. The van der Waals surface area contributed by atoms with Crippen LogP contribution >= 0.6 is 0 Å². The van der Waals surface area contributed by atoms with Gasteiger partial charge in [0.2, 0.25) is 0 Å². The van der Waals surface area contributed by atoms with Crippen LogP contribution in [0.15, 0.2) is 30.3 Å². The van der Waals surface area contributed by atoms with E-state index in [1.165, 1.54) is 69.3 Å². The lowest BCUT2D eigenvalue weighted by Crippen LogP contribution is -2.07. The molecule has 1 atom stereocenters. The van der Waals surface area contributed by atoms with E-state index in [9.17, 15) is 0 Å². The van der Waals surface area contributed by atoms with Crippen molar-refractivity contribution in [3.05, 3.63) is 41.8 Å². The highest BCUT2D eigenvalue weighted by Crippen LogP contribution is 2.33. The average Bonchev–Trinajstić information content (AvgIpc) is 3.31.